The molecule has 2 aliphatic carbocycles. The highest BCUT2D eigenvalue weighted by atomic mass is 16.3. The van der Waals surface area contributed by atoms with Crippen molar-refractivity contribution in [2.24, 2.45) is 0 Å². The first-order valence-corrected chi connectivity index (χ1v) is 19.2. The molecule has 0 unspecified atom stereocenters. The summed E-state index contributed by atoms with van der Waals surface area (Å²) in [7, 11) is 0. The minimum atomic E-state index is -0.122. The molecule has 0 radical (unpaired) electrons. The van der Waals surface area contributed by atoms with Gasteiger partial charge in [0.15, 0.2) is 5.82 Å². The number of para-hydroxylation sites is 1. The monoisotopic (exact) mass is 706 g/mol. The Morgan fingerprint density at radius 1 is 0.400 bits per heavy atom. The molecular formula is C52H38N2O. The van der Waals surface area contributed by atoms with Gasteiger partial charge in [-0.1, -0.05) is 149 Å². The summed E-state index contributed by atoms with van der Waals surface area (Å²) < 4.78 is 6.32. The summed E-state index contributed by atoms with van der Waals surface area (Å²) in [5.74, 6) is 0.640. The lowest BCUT2D eigenvalue weighted by molar-refractivity contribution is 0.652. The first-order valence-electron chi connectivity index (χ1n) is 19.2. The SMILES string of the molecule is CC1(C)c2ccccc2-c2cc3c(cc21)-c1ccc(-c2cccc(-c4cccc(-c5nc(-c6ccccc6)c6c(n5)oc5ccccc56)c4)c2)cc1C3(C)C. The molecule has 0 bridgehead atoms. The molecule has 7 aromatic carbocycles. The van der Waals surface area contributed by atoms with Crippen molar-refractivity contribution in [3.63, 3.8) is 0 Å². The minimum Gasteiger partial charge on any atom is -0.438 e. The molecule has 0 amide bonds. The van der Waals surface area contributed by atoms with E-state index in [1.54, 1.807) is 0 Å². The van der Waals surface area contributed by atoms with Gasteiger partial charge in [-0.2, -0.15) is 4.98 Å². The van der Waals surface area contributed by atoms with E-state index in [-0.39, 0.29) is 10.8 Å². The second kappa shape index (κ2) is 11.5. The minimum absolute atomic E-state index is 0.0258. The molecule has 0 fully saturated rings. The van der Waals surface area contributed by atoms with Crippen LogP contribution in [-0.4, -0.2) is 9.97 Å². The fraction of sp³-hybridized carbons (Fsp3) is 0.115. The van der Waals surface area contributed by atoms with Crippen molar-refractivity contribution in [3.05, 3.63) is 180 Å². The van der Waals surface area contributed by atoms with E-state index in [1.807, 2.05) is 36.4 Å². The predicted molar refractivity (Wildman–Crippen MR) is 226 cm³/mol. The Hall–Kier alpha value is -6.58. The first-order chi connectivity index (χ1) is 26.8. The van der Waals surface area contributed by atoms with Crippen LogP contribution in [0.3, 0.4) is 0 Å². The van der Waals surface area contributed by atoms with Crippen molar-refractivity contribution in [1.82, 2.24) is 9.97 Å². The molecule has 0 spiro atoms. The van der Waals surface area contributed by atoms with Crippen LogP contribution in [-0.2, 0) is 10.8 Å². The number of benzene rings is 7. The van der Waals surface area contributed by atoms with E-state index in [4.69, 9.17) is 14.4 Å². The van der Waals surface area contributed by atoms with Crippen LogP contribution in [0.1, 0.15) is 49.9 Å². The topological polar surface area (TPSA) is 38.9 Å². The molecule has 55 heavy (non-hydrogen) atoms. The maximum Gasteiger partial charge on any atom is 0.231 e. The number of aromatic nitrogens is 2. The molecule has 0 N–H and O–H groups in total. The Morgan fingerprint density at radius 3 is 1.69 bits per heavy atom. The van der Waals surface area contributed by atoms with E-state index in [2.05, 4.69) is 149 Å². The summed E-state index contributed by atoms with van der Waals surface area (Å²) in [6, 6.07) is 56.8. The van der Waals surface area contributed by atoms with E-state index in [0.717, 1.165) is 44.3 Å². The van der Waals surface area contributed by atoms with Crippen molar-refractivity contribution < 1.29 is 4.42 Å². The van der Waals surface area contributed by atoms with Crippen molar-refractivity contribution in [3.8, 4) is 67.2 Å². The van der Waals surface area contributed by atoms with Crippen molar-refractivity contribution in [1.29, 1.82) is 0 Å². The van der Waals surface area contributed by atoms with E-state index >= 15 is 0 Å². The molecule has 0 saturated carbocycles. The third kappa shape index (κ3) is 4.69. The number of fused-ring (bicyclic) bond motifs is 9. The Labute approximate surface area is 321 Å². The van der Waals surface area contributed by atoms with E-state index in [0.29, 0.717) is 11.5 Å². The van der Waals surface area contributed by atoms with Gasteiger partial charge in [-0.05, 0) is 103 Å². The van der Waals surface area contributed by atoms with Crippen LogP contribution >= 0.6 is 0 Å². The summed E-state index contributed by atoms with van der Waals surface area (Å²) >= 11 is 0. The Bertz CT molecular complexity index is 3040. The summed E-state index contributed by atoms with van der Waals surface area (Å²) in [4.78, 5) is 10.2. The average Bonchev–Trinajstić information content (AvgIpc) is 3.79. The molecule has 2 aromatic heterocycles. The van der Waals surface area contributed by atoms with Gasteiger partial charge < -0.3 is 4.42 Å². The maximum atomic E-state index is 6.32. The first kappa shape index (κ1) is 31.9. The largest absolute Gasteiger partial charge is 0.438 e. The fourth-order valence-corrected chi connectivity index (χ4v) is 9.38. The summed E-state index contributed by atoms with van der Waals surface area (Å²) in [5.41, 5.74) is 19.9. The smallest absolute Gasteiger partial charge is 0.231 e. The average molecular weight is 707 g/mol. The number of furan rings is 1. The molecule has 2 heterocycles. The molecule has 11 rings (SSSR count). The molecule has 2 aliphatic rings. The Morgan fingerprint density at radius 2 is 0.945 bits per heavy atom. The second-order valence-electron chi connectivity index (χ2n) is 16.2. The van der Waals surface area contributed by atoms with E-state index < -0.39 is 0 Å². The zero-order valence-corrected chi connectivity index (χ0v) is 31.3. The van der Waals surface area contributed by atoms with Crippen LogP contribution in [0.2, 0.25) is 0 Å². The molecular weight excluding hydrogens is 669 g/mol. The van der Waals surface area contributed by atoms with Gasteiger partial charge in [0.25, 0.3) is 0 Å². The van der Waals surface area contributed by atoms with E-state index in [1.165, 1.54) is 55.6 Å². The van der Waals surface area contributed by atoms with Crippen LogP contribution in [0, 0.1) is 0 Å². The van der Waals surface area contributed by atoms with Gasteiger partial charge >= 0.3 is 0 Å². The third-order valence-corrected chi connectivity index (χ3v) is 12.3. The highest BCUT2D eigenvalue weighted by molar-refractivity contribution is 6.10. The van der Waals surface area contributed by atoms with Crippen LogP contribution in [0.15, 0.2) is 162 Å². The molecule has 3 nitrogen and oxygen atoms in total. The zero-order valence-electron chi connectivity index (χ0n) is 31.3. The van der Waals surface area contributed by atoms with Gasteiger partial charge in [0.2, 0.25) is 5.71 Å². The maximum absolute atomic E-state index is 6.32. The van der Waals surface area contributed by atoms with Crippen molar-refractivity contribution >= 4 is 22.1 Å². The standard InChI is InChI=1S/C52H38N2O/c1-51(2)42-22-10-8-20-37(42)40-29-45-41(30-44(40)51)38-25-24-35(28-43(38)52(45,3)4)33-17-12-16-32(26-33)34-18-13-19-36(27-34)49-53-48(31-14-6-5-7-15-31)47-39-21-9-11-23-46(39)55-50(47)54-49/h5-30H,1-4H3. The highest BCUT2D eigenvalue weighted by Crippen LogP contribution is 2.56. The summed E-state index contributed by atoms with van der Waals surface area (Å²) in [6.07, 6.45) is 0. The third-order valence-electron chi connectivity index (χ3n) is 12.3. The Balaban J connectivity index is 0.973. The quantitative estimate of drug-likeness (QED) is 0.183. The van der Waals surface area contributed by atoms with Crippen molar-refractivity contribution in [2.75, 3.05) is 0 Å². The molecule has 0 aliphatic heterocycles. The summed E-state index contributed by atoms with van der Waals surface area (Å²) in [5, 5.41) is 1.96. The zero-order chi connectivity index (χ0) is 37.1. The molecule has 3 heteroatoms. The van der Waals surface area contributed by atoms with Gasteiger partial charge in [-0.15, -0.1) is 0 Å². The molecule has 262 valence electrons. The van der Waals surface area contributed by atoms with E-state index in [9.17, 15) is 0 Å². The van der Waals surface area contributed by atoms with Crippen molar-refractivity contribution in [2.45, 2.75) is 38.5 Å². The molecule has 0 atom stereocenters. The van der Waals surface area contributed by atoms with Gasteiger partial charge in [0, 0.05) is 27.3 Å². The lowest BCUT2D eigenvalue weighted by Gasteiger charge is -2.24. The molecule has 0 saturated heterocycles. The fourth-order valence-electron chi connectivity index (χ4n) is 9.38. The number of hydrogen-bond acceptors (Lipinski definition) is 3. The number of rotatable bonds is 4. The lowest BCUT2D eigenvalue weighted by atomic mass is 9.79. The highest BCUT2D eigenvalue weighted by Gasteiger charge is 2.41. The summed E-state index contributed by atoms with van der Waals surface area (Å²) in [6.45, 7) is 9.50. The van der Waals surface area contributed by atoms with Crippen LogP contribution in [0.25, 0.3) is 89.2 Å². The second-order valence-corrected chi connectivity index (χ2v) is 16.2. The number of nitrogens with zero attached hydrogens (tertiary/aromatic N) is 2. The van der Waals surface area contributed by atoms with Crippen LogP contribution in [0.4, 0.5) is 0 Å². The predicted octanol–water partition coefficient (Wildman–Crippen LogP) is 13.7. The molecule has 9 aromatic rings. The normalized spacial score (nSPS) is 14.5. The van der Waals surface area contributed by atoms with Crippen LogP contribution in [0.5, 0.6) is 0 Å². The van der Waals surface area contributed by atoms with Gasteiger partial charge in [-0.3, -0.25) is 0 Å². The van der Waals surface area contributed by atoms with Crippen LogP contribution < -0.4 is 0 Å². The van der Waals surface area contributed by atoms with Gasteiger partial charge in [0.1, 0.15) is 5.58 Å². The van der Waals surface area contributed by atoms with Gasteiger partial charge in [-0.25, -0.2) is 4.98 Å². The number of hydrogen-bond donors (Lipinski definition) is 0. The van der Waals surface area contributed by atoms with Gasteiger partial charge in [0.05, 0.1) is 11.1 Å². The lowest BCUT2D eigenvalue weighted by Crippen LogP contribution is -2.17. The Kier molecular flexibility index (Phi) is 6.65.